The first kappa shape index (κ1) is 19.9. The summed E-state index contributed by atoms with van der Waals surface area (Å²) in [6.45, 7) is 9.61. The van der Waals surface area contributed by atoms with E-state index in [1.807, 2.05) is 25.7 Å². The van der Waals surface area contributed by atoms with Crippen LogP contribution in [0.25, 0.3) is 0 Å². The molecule has 1 aromatic carbocycles. The van der Waals surface area contributed by atoms with Gasteiger partial charge in [-0.25, -0.2) is 4.79 Å². The van der Waals surface area contributed by atoms with Crippen LogP contribution in [0.5, 0.6) is 0 Å². The zero-order chi connectivity index (χ0) is 19.3. The Kier molecular flexibility index (Phi) is 6.37. The van der Waals surface area contributed by atoms with E-state index in [-0.39, 0.29) is 24.3 Å². The Morgan fingerprint density at radius 3 is 2.12 bits per heavy atom. The van der Waals surface area contributed by atoms with Gasteiger partial charge in [0.25, 0.3) is 0 Å². The lowest BCUT2D eigenvalue weighted by molar-refractivity contribution is -0.117. The number of carbonyl (C=O) groups is 3. The second-order valence-corrected chi connectivity index (χ2v) is 7.43. The van der Waals surface area contributed by atoms with Gasteiger partial charge in [-0.05, 0) is 52.0 Å². The molecule has 1 N–H and O–H groups in total. The standard InChI is InChI=1S/C19H27N3O4/c1-14(23)15-5-7-16(8-6-15)20-17(24)13-21-9-11-22(12-10-21)18(25)26-19(2,3)4/h5-8H,9-13H2,1-4H3,(H,20,24). The van der Waals surface area contributed by atoms with Gasteiger partial charge in [-0.15, -0.1) is 0 Å². The normalized spacial score (nSPS) is 15.5. The number of carbonyl (C=O) groups excluding carboxylic acids is 3. The third-order valence-corrected chi connectivity index (χ3v) is 3.97. The van der Waals surface area contributed by atoms with Crippen LogP contribution in [-0.4, -0.2) is 65.9 Å². The zero-order valence-electron chi connectivity index (χ0n) is 15.9. The lowest BCUT2D eigenvalue weighted by atomic mass is 10.1. The molecule has 0 saturated carbocycles. The Labute approximate surface area is 154 Å². The average molecular weight is 361 g/mol. The number of Topliss-reactive ketones (excluding diaryl/α,β-unsaturated/α-hetero) is 1. The highest BCUT2D eigenvalue weighted by Crippen LogP contribution is 2.13. The van der Waals surface area contributed by atoms with Crippen molar-refractivity contribution in [3.05, 3.63) is 29.8 Å². The molecule has 1 heterocycles. The van der Waals surface area contributed by atoms with Crippen LogP contribution in [0.1, 0.15) is 38.1 Å². The largest absolute Gasteiger partial charge is 0.444 e. The van der Waals surface area contributed by atoms with Gasteiger partial charge in [-0.2, -0.15) is 0 Å². The molecule has 1 saturated heterocycles. The summed E-state index contributed by atoms with van der Waals surface area (Å²) in [5.41, 5.74) is 0.764. The highest BCUT2D eigenvalue weighted by atomic mass is 16.6. The summed E-state index contributed by atoms with van der Waals surface area (Å²) < 4.78 is 5.36. The van der Waals surface area contributed by atoms with Gasteiger partial charge < -0.3 is 15.0 Å². The van der Waals surface area contributed by atoms with Gasteiger partial charge >= 0.3 is 6.09 Å². The number of nitrogens with zero attached hydrogens (tertiary/aromatic N) is 2. The van der Waals surface area contributed by atoms with E-state index in [9.17, 15) is 14.4 Å². The van der Waals surface area contributed by atoms with Crippen LogP contribution in [0.3, 0.4) is 0 Å². The number of piperazine rings is 1. The number of benzene rings is 1. The van der Waals surface area contributed by atoms with Gasteiger partial charge in [-0.1, -0.05) is 0 Å². The van der Waals surface area contributed by atoms with Crippen molar-refractivity contribution in [3.8, 4) is 0 Å². The van der Waals surface area contributed by atoms with E-state index in [0.29, 0.717) is 37.4 Å². The third kappa shape index (κ3) is 6.15. The maximum Gasteiger partial charge on any atom is 0.410 e. The average Bonchev–Trinajstić information content (AvgIpc) is 2.54. The van der Waals surface area contributed by atoms with E-state index in [4.69, 9.17) is 4.74 Å². The van der Waals surface area contributed by atoms with Gasteiger partial charge in [0.2, 0.25) is 5.91 Å². The number of ketones is 1. The number of hydrogen-bond acceptors (Lipinski definition) is 5. The van der Waals surface area contributed by atoms with Crippen molar-refractivity contribution in [3.63, 3.8) is 0 Å². The number of hydrogen-bond donors (Lipinski definition) is 1. The van der Waals surface area contributed by atoms with Crippen molar-refractivity contribution in [2.45, 2.75) is 33.3 Å². The minimum atomic E-state index is -0.508. The molecule has 142 valence electrons. The number of nitrogens with one attached hydrogen (secondary N) is 1. The molecule has 0 aromatic heterocycles. The molecule has 0 atom stereocenters. The Morgan fingerprint density at radius 2 is 1.62 bits per heavy atom. The minimum absolute atomic E-state index is 0.00858. The van der Waals surface area contributed by atoms with Crippen molar-refractivity contribution in [2.75, 3.05) is 38.0 Å². The molecule has 0 unspecified atom stereocenters. The van der Waals surface area contributed by atoms with Gasteiger partial charge in [0.1, 0.15) is 5.60 Å². The lowest BCUT2D eigenvalue weighted by Crippen LogP contribution is -2.51. The molecule has 0 radical (unpaired) electrons. The second kappa shape index (κ2) is 8.31. The van der Waals surface area contributed by atoms with Crippen molar-refractivity contribution in [2.24, 2.45) is 0 Å². The van der Waals surface area contributed by atoms with Crippen molar-refractivity contribution >= 4 is 23.5 Å². The smallest absolute Gasteiger partial charge is 0.410 e. The first-order valence-electron chi connectivity index (χ1n) is 8.75. The summed E-state index contributed by atoms with van der Waals surface area (Å²) in [6.07, 6.45) is -0.313. The highest BCUT2D eigenvalue weighted by Gasteiger charge is 2.26. The molecular formula is C19H27N3O4. The van der Waals surface area contributed by atoms with Gasteiger partial charge in [-0.3, -0.25) is 14.5 Å². The van der Waals surface area contributed by atoms with E-state index < -0.39 is 5.60 Å². The molecule has 2 rings (SSSR count). The summed E-state index contributed by atoms with van der Waals surface area (Å²) in [6, 6.07) is 6.82. The topological polar surface area (TPSA) is 79.0 Å². The fourth-order valence-corrected chi connectivity index (χ4v) is 2.61. The van der Waals surface area contributed by atoms with Crippen molar-refractivity contribution < 1.29 is 19.1 Å². The summed E-state index contributed by atoms with van der Waals surface area (Å²) >= 11 is 0. The molecule has 1 aliphatic rings. The first-order valence-corrected chi connectivity index (χ1v) is 8.75. The van der Waals surface area contributed by atoms with Crippen LogP contribution in [0, 0.1) is 0 Å². The van der Waals surface area contributed by atoms with E-state index >= 15 is 0 Å². The molecule has 7 heteroatoms. The number of amides is 2. The summed E-state index contributed by atoms with van der Waals surface area (Å²) in [4.78, 5) is 39.1. The molecule has 1 aliphatic heterocycles. The SMILES string of the molecule is CC(=O)c1ccc(NC(=O)CN2CCN(C(=O)OC(C)(C)C)CC2)cc1. The number of rotatable bonds is 4. The van der Waals surface area contributed by atoms with Crippen LogP contribution in [-0.2, 0) is 9.53 Å². The van der Waals surface area contributed by atoms with Crippen molar-refractivity contribution in [1.29, 1.82) is 0 Å². The highest BCUT2D eigenvalue weighted by molar-refractivity contribution is 5.96. The molecule has 2 amide bonds. The Hall–Kier alpha value is -2.41. The Morgan fingerprint density at radius 1 is 1.04 bits per heavy atom. The summed E-state index contributed by atoms with van der Waals surface area (Å²) in [5.74, 6) is -0.128. The fourth-order valence-electron chi connectivity index (χ4n) is 2.61. The summed E-state index contributed by atoms with van der Waals surface area (Å²) in [7, 11) is 0. The lowest BCUT2D eigenvalue weighted by Gasteiger charge is -2.35. The molecule has 0 aliphatic carbocycles. The maximum atomic E-state index is 12.2. The number of ether oxygens (including phenoxy) is 1. The predicted molar refractivity (Wildman–Crippen MR) is 99.3 cm³/mol. The van der Waals surface area contributed by atoms with E-state index in [0.717, 1.165) is 0 Å². The maximum absolute atomic E-state index is 12.2. The fraction of sp³-hybridized carbons (Fsp3) is 0.526. The zero-order valence-corrected chi connectivity index (χ0v) is 15.9. The van der Waals surface area contributed by atoms with E-state index in [1.165, 1.54) is 6.92 Å². The Bertz CT molecular complexity index is 656. The van der Waals surface area contributed by atoms with Crippen molar-refractivity contribution in [1.82, 2.24) is 9.80 Å². The second-order valence-electron chi connectivity index (χ2n) is 7.43. The van der Waals surface area contributed by atoms with Crippen LogP contribution in [0.4, 0.5) is 10.5 Å². The molecule has 26 heavy (non-hydrogen) atoms. The van der Waals surface area contributed by atoms with Gasteiger partial charge in [0.05, 0.1) is 6.54 Å². The van der Waals surface area contributed by atoms with E-state index in [1.54, 1.807) is 29.2 Å². The minimum Gasteiger partial charge on any atom is -0.444 e. The van der Waals surface area contributed by atoms with Gasteiger partial charge in [0, 0.05) is 37.4 Å². The van der Waals surface area contributed by atoms with E-state index in [2.05, 4.69) is 5.32 Å². The van der Waals surface area contributed by atoms with Crippen LogP contribution >= 0.6 is 0 Å². The monoisotopic (exact) mass is 361 g/mol. The quantitative estimate of drug-likeness (QED) is 0.833. The van der Waals surface area contributed by atoms with Crippen LogP contribution in [0.2, 0.25) is 0 Å². The Balaban J connectivity index is 1.77. The first-order chi connectivity index (χ1) is 12.1. The third-order valence-electron chi connectivity index (χ3n) is 3.97. The molecular weight excluding hydrogens is 334 g/mol. The number of anilines is 1. The van der Waals surface area contributed by atoms with Gasteiger partial charge in [0.15, 0.2) is 5.78 Å². The molecule has 1 aromatic rings. The van der Waals surface area contributed by atoms with Crippen LogP contribution < -0.4 is 5.32 Å². The molecule has 1 fully saturated rings. The molecule has 7 nitrogen and oxygen atoms in total. The predicted octanol–water partition coefficient (Wildman–Crippen LogP) is 2.38. The molecule has 0 bridgehead atoms. The van der Waals surface area contributed by atoms with Crippen LogP contribution in [0.15, 0.2) is 24.3 Å². The summed E-state index contributed by atoms with van der Waals surface area (Å²) in [5, 5.41) is 2.82. The molecule has 0 spiro atoms.